The number of hydrogen-bond acceptors (Lipinski definition) is 1. The van der Waals surface area contributed by atoms with Gasteiger partial charge in [0.1, 0.15) is 5.82 Å². The molecule has 1 aromatic carbocycles. The Labute approximate surface area is 121 Å². The molecule has 0 heterocycles. The molecule has 0 spiro atoms. The van der Waals surface area contributed by atoms with E-state index in [1.165, 1.54) is 24.5 Å². The maximum atomic E-state index is 13.6. The lowest BCUT2D eigenvalue weighted by molar-refractivity contribution is 0.0949. The number of halogens is 2. The zero-order valence-corrected chi connectivity index (χ0v) is 12.3. The number of hydrogen-bond donors (Lipinski definition) is 1. The SMILES string of the molecule is O=C(NCCC1=CCCCC1)c1c(F)cccc1Br. The lowest BCUT2D eigenvalue weighted by atomic mass is 9.97. The predicted octanol–water partition coefficient (Wildman–Crippen LogP) is 4.21. The first-order valence-corrected chi connectivity index (χ1v) is 7.38. The van der Waals surface area contributed by atoms with Crippen LogP contribution < -0.4 is 5.32 Å². The van der Waals surface area contributed by atoms with Crippen LogP contribution in [0.2, 0.25) is 0 Å². The lowest BCUT2D eigenvalue weighted by Crippen LogP contribution is -2.26. The molecule has 2 nitrogen and oxygen atoms in total. The highest BCUT2D eigenvalue weighted by atomic mass is 79.9. The average molecular weight is 326 g/mol. The monoisotopic (exact) mass is 325 g/mol. The van der Waals surface area contributed by atoms with Crippen molar-refractivity contribution in [2.75, 3.05) is 6.54 Å². The third-order valence-electron chi connectivity index (χ3n) is 3.31. The quantitative estimate of drug-likeness (QED) is 0.825. The summed E-state index contributed by atoms with van der Waals surface area (Å²) in [5.74, 6) is -0.856. The summed E-state index contributed by atoms with van der Waals surface area (Å²) in [7, 11) is 0. The molecule has 0 unspecified atom stereocenters. The molecule has 0 saturated carbocycles. The van der Waals surface area contributed by atoms with Crippen molar-refractivity contribution >= 4 is 21.8 Å². The molecule has 0 aliphatic heterocycles. The fourth-order valence-corrected chi connectivity index (χ4v) is 2.79. The van der Waals surface area contributed by atoms with Crippen LogP contribution in [0.3, 0.4) is 0 Å². The molecule has 4 heteroatoms. The molecule has 0 radical (unpaired) electrons. The van der Waals surface area contributed by atoms with Crippen molar-refractivity contribution < 1.29 is 9.18 Å². The van der Waals surface area contributed by atoms with Gasteiger partial charge in [-0.3, -0.25) is 4.79 Å². The highest BCUT2D eigenvalue weighted by Gasteiger charge is 2.14. The van der Waals surface area contributed by atoms with Crippen molar-refractivity contribution in [2.45, 2.75) is 32.1 Å². The van der Waals surface area contributed by atoms with Gasteiger partial charge in [0, 0.05) is 11.0 Å². The third-order valence-corrected chi connectivity index (χ3v) is 3.97. The Hall–Kier alpha value is -1.16. The molecule has 102 valence electrons. The Morgan fingerprint density at radius 1 is 1.37 bits per heavy atom. The second kappa shape index (κ2) is 6.85. The van der Waals surface area contributed by atoms with Crippen LogP contribution in [0, 0.1) is 5.82 Å². The van der Waals surface area contributed by atoms with Gasteiger partial charge in [-0.05, 0) is 60.2 Å². The molecule has 1 amide bonds. The van der Waals surface area contributed by atoms with Crippen LogP contribution in [0.4, 0.5) is 4.39 Å². The summed E-state index contributed by atoms with van der Waals surface area (Å²) in [6, 6.07) is 4.54. The van der Waals surface area contributed by atoms with Crippen molar-refractivity contribution in [1.29, 1.82) is 0 Å². The summed E-state index contributed by atoms with van der Waals surface area (Å²) < 4.78 is 14.1. The van der Waals surface area contributed by atoms with Crippen LogP contribution >= 0.6 is 15.9 Å². The first-order valence-electron chi connectivity index (χ1n) is 6.58. The summed E-state index contributed by atoms with van der Waals surface area (Å²) in [5.41, 5.74) is 1.49. The van der Waals surface area contributed by atoms with Gasteiger partial charge in [0.05, 0.1) is 5.56 Å². The molecule has 1 aliphatic carbocycles. The van der Waals surface area contributed by atoms with Crippen LogP contribution in [-0.4, -0.2) is 12.5 Å². The Kier molecular flexibility index (Phi) is 5.14. The number of amides is 1. The molecule has 1 aliphatic rings. The normalized spacial score (nSPS) is 14.9. The number of benzene rings is 1. The van der Waals surface area contributed by atoms with E-state index in [0.717, 1.165) is 19.3 Å². The van der Waals surface area contributed by atoms with Gasteiger partial charge in [0.25, 0.3) is 5.91 Å². The molecule has 1 aromatic rings. The van der Waals surface area contributed by atoms with E-state index in [1.54, 1.807) is 12.1 Å². The smallest absolute Gasteiger partial charge is 0.255 e. The van der Waals surface area contributed by atoms with Gasteiger partial charge >= 0.3 is 0 Å². The van der Waals surface area contributed by atoms with Crippen LogP contribution in [0.15, 0.2) is 34.3 Å². The minimum Gasteiger partial charge on any atom is -0.352 e. The van der Waals surface area contributed by atoms with Crippen LogP contribution in [-0.2, 0) is 0 Å². The molecule has 0 atom stereocenters. The van der Waals surface area contributed by atoms with Gasteiger partial charge in [-0.15, -0.1) is 0 Å². The van der Waals surface area contributed by atoms with E-state index in [9.17, 15) is 9.18 Å². The summed E-state index contributed by atoms with van der Waals surface area (Å²) >= 11 is 3.20. The van der Waals surface area contributed by atoms with Gasteiger partial charge in [-0.1, -0.05) is 17.7 Å². The molecular formula is C15H17BrFNO. The Morgan fingerprint density at radius 2 is 2.21 bits per heavy atom. The number of carbonyl (C=O) groups excluding carboxylic acids is 1. The van der Waals surface area contributed by atoms with Crippen molar-refractivity contribution in [3.8, 4) is 0 Å². The van der Waals surface area contributed by atoms with Crippen LogP contribution in [0.1, 0.15) is 42.5 Å². The number of allylic oxidation sites excluding steroid dienone is 1. The zero-order valence-electron chi connectivity index (χ0n) is 10.7. The fourth-order valence-electron chi connectivity index (χ4n) is 2.27. The molecule has 0 saturated heterocycles. The number of rotatable bonds is 4. The summed E-state index contributed by atoms with van der Waals surface area (Å²) in [6.45, 7) is 0.561. The van der Waals surface area contributed by atoms with Gasteiger partial charge in [0.15, 0.2) is 0 Å². The minimum atomic E-state index is -0.497. The van der Waals surface area contributed by atoms with E-state index < -0.39 is 5.82 Å². The molecule has 19 heavy (non-hydrogen) atoms. The molecule has 0 fully saturated rings. The lowest BCUT2D eigenvalue weighted by Gasteiger charge is -2.13. The highest BCUT2D eigenvalue weighted by Crippen LogP contribution is 2.21. The van der Waals surface area contributed by atoms with Crippen molar-refractivity contribution in [1.82, 2.24) is 5.32 Å². The molecular weight excluding hydrogens is 309 g/mol. The topological polar surface area (TPSA) is 29.1 Å². The third kappa shape index (κ3) is 3.90. The van der Waals surface area contributed by atoms with E-state index in [1.807, 2.05) is 0 Å². The van der Waals surface area contributed by atoms with Gasteiger partial charge in [-0.25, -0.2) is 4.39 Å². The van der Waals surface area contributed by atoms with E-state index in [4.69, 9.17) is 0 Å². The van der Waals surface area contributed by atoms with Gasteiger partial charge < -0.3 is 5.32 Å². The Morgan fingerprint density at radius 3 is 2.89 bits per heavy atom. The number of carbonyl (C=O) groups is 1. The number of nitrogens with one attached hydrogen (secondary N) is 1. The summed E-state index contributed by atoms with van der Waals surface area (Å²) in [6.07, 6.45) is 7.88. The van der Waals surface area contributed by atoms with E-state index >= 15 is 0 Å². The van der Waals surface area contributed by atoms with Crippen LogP contribution in [0.25, 0.3) is 0 Å². The average Bonchev–Trinajstić information content (AvgIpc) is 2.40. The zero-order chi connectivity index (χ0) is 13.7. The van der Waals surface area contributed by atoms with Crippen LogP contribution in [0.5, 0.6) is 0 Å². The second-order valence-corrected chi connectivity index (χ2v) is 5.57. The Balaban J connectivity index is 1.89. The first kappa shape index (κ1) is 14.3. The maximum absolute atomic E-state index is 13.6. The molecule has 0 bridgehead atoms. The highest BCUT2D eigenvalue weighted by molar-refractivity contribution is 9.10. The van der Waals surface area contributed by atoms with Gasteiger partial charge in [-0.2, -0.15) is 0 Å². The first-order chi connectivity index (χ1) is 9.18. The second-order valence-electron chi connectivity index (χ2n) is 4.71. The van der Waals surface area contributed by atoms with E-state index in [-0.39, 0.29) is 11.5 Å². The van der Waals surface area contributed by atoms with Crippen molar-refractivity contribution in [3.63, 3.8) is 0 Å². The minimum absolute atomic E-state index is 0.0834. The van der Waals surface area contributed by atoms with Crippen molar-refractivity contribution in [2.24, 2.45) is 0 Å². The fraction of sp³-hybridized carbons (Fsp3) is 0.400. The Bertz CT molecular complexity index is 479. The standard InChI is InChI=1S/C15H17BrFNO/c16-12-7-4-8-13(17)14(12)15(19)18-10-9-11-5-2-1-3-6-11/h4-5,7-8H,1-3,6,9-10H2,(H,18,19). The molecule has 0 aromatic heterocycles. The summed E-state index contributed by atoms with van der Waals surface area (Å²) in [4.78, 5) is 11.9. The predicted molar refractivity (Wildman–Crippen MR) is 77.6 cm³/mol. The van der Waals surface area contributed by atoms with E-state index in [0.29, 0.717) is 11.0 Å². The summed E-state index contributed by atoms with van der Waals surface area (Å²) in [5, 5.41) is 2.78. The largest absolute Gasteiger partial charge is 0.352 e. The maximum Gasteiger partial charge on any atom is 0.255 e. The van der Waals surface area contributed by atoms with E-state index in [2.05, 4.69) is 27.3 Å². The van der Waals surface area contributed by atoms with Gasteiger partial charge in [0.2, 0.25) is 0 Å². The molecule has 2 rings (SSSR count). The van der Waals surface area contributed by atoms with Crippen molar-refractivity contribution in [3.05, 3.63) is 45.7 Å². The molecule has 1 N–H and O–H groups in total.